The van der Waals surface area contributed by atoms with Gasteiger partial charge in [-0.3, -0.25) is 0 Å². The molecule has 0 aliphatic heterocycles. The van der Waals surface area contributed by atoms with Crippen LogP contribution in [0.4, 0.5) is 4.39 Å². The predicted octanol–water partition coefficient (Wildman–Crippen LogP) is 3.92. The monoisotopic (exact) mass is 338 g/mol. The molecule has 1 atom stereocenters. The Bertz CT molecular complexity index is 586. The van der Waals surface area contributed by atoms with Crippen LogP contribution in [0.2, 0.25) is 0 Å². The van der Waals surface area contributed by atoms with Crippen molar-refractivity contribution in [2.45, 2.75) is 12.3 Å². The maximum absolute atomic E-state index is 14.2. The van der Waals surface area contributed by atoms with Gasteiger partial charge in [-0.2, -0.15) is 0 Å². The van der Waals surface area contributed by atoms with E-state index in [9.17, 15) is 9.50 Å². The van der Waals surface area contributed by atoms with E-state index in [4.69, 9.17) is 4.74 Å². The van der Waals surface area contributed by atoms with Gasteiger partial charge in [0.25, 0.3) is 0 Å². The molecule has 2 rings (SSSR count). The molecule has 0 bridgehead atoms. The van der Waals surface area contributed by atoms with Crippen molar-refractivity contribution in [2.75, 3.05) is 13.7 Å². The third-order valence-corrected chi connectivity index (χ3v) is 4.02. The fourth-order valence-electron chi connectivity index (χ4n) is 2.22. The van der Waals surface area contributed by atoms with Gasteiger partial charge in [0, 0.05) is 10.4 Å². The summed E-state index contributed by atoms with van der Waals surface area (Å²) in [6.07, 6.45) is 0.419. The Morgan fingerprint density at radius 3 is 2.60 bits per heavy atom. The van der Waals surface area contributed by atoms with Crippen LogP contribution in [0.15, 0.2) is 46.9 Å². The van der Waals surface area contributed by atoms with E-state index in [0.29, 0.717) is 12.0 Å². The lowest BCUT2D eigenvalue weighted by Gasteiger charge is -2.17. The highest BCUT2D eigenvalue weighted by atomic mass is 79.9. The van der Waals surface area contributed by atoms with Gasteiger partial charge in [-0.1, -0.05) is 46.3 Å². The Kier molecular flexibility index (Phi) is 5.15. The number of aliphatic hydroxyl groups excluding tert-OH is 1. The molecule has 1 unspecified atom stereocenters. The minimum atomic E-state index is -0.361. The van der Waals surface area contributed by atoms with Crippen LogP contribution in [-0.2, 0) is 6.42 Å². The molecule has 0 saturated heterocycles. The number of rotatable bonds is 5. The van der Waals surface area contributed by atoms with E-state index in [-0.39, 0.29) is 24.1 Å². The SMILES string of the molecule is COc1cccc(CC(CO)c2ccccc2Br)c1F. The molecule has 0 radical (unpaired) electrons. The molecular formula is C16H16BrFO2. The molecule has 0 aliphatic carbocycles. The van der Waals surface area contributed by atoms with Crippen molar-refractivity contribution in [1.82, 2.24) is 0 Å². The summed E-state index contributed by atoms with van der Waals surface area (Å²) in [6.45, 7) is -0.0424. The van der Waals surface area contributed by atoms with E-state index < -0.39 is 0 Å². The van der Waals surface area contributed by atoms with Crippen molar-refractivity contribution in [2.24, 2.45) is 0 Å². The number of hydrogen-bond donors (Lipinski definition) is 1. The summed E-state index contributed by atoms with van der Waals surface area (Å²) in [6, 6.07) is 12.7. The van der Waals surface area contributed by atoms with E-state index in [1.165, 1.54) is 7.11 Å². The number of hydrogen-bond acceptors (Lipinski definition) is 2. The summed E-state index contributed by atoms with van der Waals surface area (Å²) in [5.74, 6) is -0.293. The van der Waals surface area contributed by atoms with Crippen LogP contribution >= 0.6 is 15.9 Å². The second-order valence-corrected chi connectivity index (χ2v) is 5.39. The minimum Gasteiger partial charge on any atom is -0.494 e. The number of halogens is 2. The molecule has 0 saturated carbocycles. The average Bonchev–Trinajstić information content (AvgIpc) is 2.47. The highest BCUT2D eigenvalue weighted by molar-refractivity contribution is 9.10. The molecule has 0 amide bonds. The molecule has 2 nitrogen and oxygen atoms in total. The van der Waals surface area contributed by atoms with Gasteiger partial charge >= 0.3 is 0 Å². The highest BCUT2D eigenvalue weighted by Gasteiger charge is 2.17. The second-order valence-electron chi connectivity index (χ2n) is 4.54. The van der Waals surface area contributed by atoms with E-state index in [0.717, 1.165) is 10.0 Å². The number of ether oxygens (including phenoxy) is 1. The van der Waals surface area contributed by atoms with Crippen LogP contribution in [-0.4, -0.2) is 18.8 Å². The zero-order valence-electron chi connectivity index (χ0n) is 11.1. The van der Waals surface area contributed by atoms with Crippen LogP contribution < -0.4 is 4.74 Å². The summed E-state index contributed by atoms with van der Waals surface area (Å²) in [5, 5.41) is 9.61. The average molecular weight is 339 g/mol. The van der Waals surface area contributed by atoms with E-state index in [1.54, 1.807) is 18.2 Å². The van der Waals surface area contributed by atoms with Crippen molar-refractivity contribution in [1.29, 1.82) is 0 Å². The van der Waals surface area contributed by atoms with Crippen molar-refractivity contribution >= 4 is 15.9 Å². The fourth-order valence-corrected chi connectivity index (χ4v) is 2.82. The van der Waals surface area contributed by atoms with Crippen LogP contribution in [0.5, 0.6) is 5.75 Å². The van der Waals surface area contributed by atoms with Crippen LogP contribution in [0.1, 0.15) is 17.0 Å². The van der Waals surface area contributed by atoms with Crippen LogP contribution in [0, 0.1) is 5.82 Å². The summed E-state index contributed by atoms with van der Waals surface area (Å²) < 4.78 is 20.1. The molecule has 2 aromatic carbocycles. The third-order valence-electron chi connectivity index (χ3n) is 3.29. The molecule has 0 aromatic heterocycles. The van der Waals surface area contributed by atoms with Gasteiger partial charge in [0.2, 0.25) is 0 Å². The summed E-state index contributed by atoms with van der Waals surface area (Å²) in [4.78, 5) is 0. The first-order valence-electron chi connectivity index (χ1n) is 6.34. The van der Waals surface area contributed by atoms with Crippen molar-refractivity contribution in [3.8, 4) is 5.75 Å². The van der Waals surface area contributed by atoms with Crippen molar-refractivity contribution < 1.29 is 14.2 Å². The minimum absolute atomic E-state index is 0.0424. The Morgan fingerprint density at radius 1 is 1.20 bits per heavy atom. The second kappa shape index (κ2) is 6.86. The lowest BCUT2D eigenvalue weighted by Crippen LogP contribution is -2.10. The number of methoxy groups -OCH3 is 1. The molecule has 106 valence electrons. The molecule has 1 N–H and O–H groups in total. The maximum Gasteiger partial charge on any atom is 0.168 e. The van der Waals surface area contributed by atoms with E-state index >= 15 is 0 Å². The Labute approximate surface area is 126 Å². The zero-order valence-corrected chi connectivity index (χ0v) is 12.7. The molecule has 4 heteroatoms. The number of aliphatic hydroxyl groups is 1. The van der Waals surface area contributed by atoms with Crippen molar-refractivity contribution in [3.05, 3.63) is 63.9 Å². The Morgan fingerprint density at radius 2 is 1.95 bits per heavy atom. The standard InChI is InChI=1S/C16H16BrFO2/c1-20-15-8-4-5-11(16(15)18)9-12(10-19)13-6-2-3-7-14(13)17/h2-8,12,19H,9-10H2,1H3. The molecule has 2 aromatic rings. The molecule has 0 aliphatic rings. The Balaban J connectivity index is 2.30. The van der Waals surface area contributed by atoms with Gasteiger partial charge < -0.3 is 9.84 Å². The maximum atomic E-state index is 14.2. The smallest absolute Gasteiger partial charge is 0.168 e. The topological polar surface area (TPSA) is 29.5 Å². The zero-order chi connectivity index (χ0) is 14.5. The lowest BCUT2D eigenvalue weighted by molar-refractivity contribution is 0.263. The lowest BCUT2D eigenvalue weighted by atomic mass is 9.92. The van der Waals surface area contributed by atoms with Gasteiger partial charge in [-0.05, 0) is 29.7 Å². The summed E-state index contributed by atoms with van der Waals surface area (Å²) in [5.41, 5.74) is 1.51. The van der Waals surface area contributed by atoms with Crippen LogP contribution in [0.25, 0.3) is 0 Å². The molecular weight excluding hydrogens is 323 g/mol. The van der Waals surface area contributed by atoms with E-state index in [1.807, 2.05) is 24.3 Å². The van der Waals surface area contributed by atoms with Crippen molar-refractivity contribution in [3.63, 3.8) is 0 Å². The predicted molar refractivity (Wildman–Crippen MR) is 80.6 cm³/mol. The Hall–Kier alpha value is -1.39. The molecule has 0 spiro atoms. The summed E-state index contributed by atoms with van der Waals surface area (Å²) >= 11 is 3.47. The van der Waals surface area contributed by atoms with Gasteiger partial charge in [0.15, 0.2) is 11.6 Å². The molecule has 20 heavy (non-hydrogen) atoms. The number of benzene rings is 2. The molecule has 0 fully saturated rings. The quantitative estimate of drug-likeness (QED) is 0.895. The van der Waals surface area contributed by atoms with Gasteiger partial charge in [-0.25, -0.2) is 4.39 Å². The first-order valence-corrected chi connectivity index (χ1v) is 7.13. The van der Waals surface area contributed by atoms with Gasteiger partial charge in [-0.15, -0.1) is 0 Å². The fraction of sp³-hybridized carbons (Fsp3) is 0.250. The van der Waals surface area contributed by atoms with Crippen LogP contribution in [0.3, 0.4) is 0 Å². The first-order chi connectivity index (χ1) is 9.67. The first kappa shape index (κ1) is 15.0. The van der Waals surface area contributed by atoms with Gasteiger partial charge in [0.1, 0.15) is 0 Å². The third kappa shape index (κ3) is 3.19. The van der Waals surface area contributed by atoms with E-state index in [2.05, 4.69) is 15.9 Å². The van der Waals surface area contributed by atoms with Gasteiger partial charge in [0.05, 0.1) is 13.7 Å². The molecule has 0 heterocycles. The highest BCUT2D eigenvalue weighted by Crippen LogP contribution is 2.30. The largest absolute Gasteiger partial charge is 0.494 e. The summed E-state index contributed by atoms with van der Waals surface area (Å²) in [7, 11) is 1.44. The normalized spacial score (nSPS) is 12.2.